The maximum absolute atomic E-state index is 5.98. The lowest BCUT2D eigenvalue weighted by Gasteiger charge is -2.30. The number of anilines is 1. The van der Waals surface area contributed by atoms with Crippen LogP contribution in [0.1, 0.15) is 30.0 Å². The number of hydrogen-bond donors (Lipinski definition) is 2. The third-order valence-electron chi connectivity index (χ3n) is 3.40. The molecule has 1 fully saturated rings. The van der Waals surface area contributed by atoms with Crippen molar-refractivity contribution in [2.75, 3.05) is 26.0 Å². The van der Waals surface area contributed by atoms with Crippen molar-refractivity contribution < 1.29 is 4.74 Å². The summed E-state index contributed by atoms with van der Waals surface area (Å²) in [5.41, 5.74) is 8.23. The molecule has 1 aromatic rings. The number of nitrogens with zero attached hydrogens (tertiary/aromatic N) is 1. The Balaban J connectivity index is 2.24. The second-order valence-corrected chi connectivity index (χ2v) is 4.73. The molecule has 0 spiro atoms. The van der Waals surface area contributed by atoms with Gasteiger partial charge in [0.25, 0.3) is 0 Å². The third kappa shape index (κ3) is 2.76. The largest absolute Gasteiger partial charge is 0.383 e. The Labute approximate surface area is 103 Å². The summed E-state index contributed by atoms with van der Waals surface area (Å²) in [5.74, 6) is 1.11. The van der Waals surface area contributed by atoms with E-state index in [1.54, 1.807) is 0 Å². The third-order valence-corrected chi connectivity index (χ3v) is 3.40. The van der Waals surface area contributed by atoms with Crippen LogP contribution in [0.4, 0.5) is 5.82 Å². The normalized spacial score (nSPS) is 22.4. The number of nitrogen functional groups attached to an aromatic ring is 1. The Bertz CT molecular complexity index is 375. The molecule has 1 saturated heterocycles. The van der Waals surface area contributed by atoms with Gasteiger partial charge in [0.1, 0.15) is 5.82 Å². The summed E-state index contributed by atoms with van der Waals surface area (Å²) < 4.78 is 5.56. The van der Waals surface area contributed by atoms with Gasteiger partial charge in [0, 0.05) is 30.3 Å². The standard InChI is InChI=1S/C13H21N3O/c1-9-6-11(13(14)16-7-9)12(15-2)10-4-3-5-17-8-10/h6-7,10,12,15H,3-5,8H2,1-2H3,(H2,14,16). The highest BCUT2D eigenvalue weighted by Crippen LogP contribution is 2.31. The second kappa shape index (κ2) is 5.47. The highest BCUT2D eigenvalue weighted by atomic mass is 16.5. The molecule has 0 amide bonds. The van der Waals surface area contributed by atoms with Gasteiger partial charge in [-0.15, -0.1) is 0 Å². The van der Waals surface area contributed by atoms with E-state index in [1.165, 1.54) is 6.42 Å². The maximum Gasteiger partial charge on any atom is 0.128 e. The molecule has 17 heavy (non-hydrogen) atoms. The SMILES string of the molecule is CNC(c1cc(C)cnc1N)C1CCCOC1. The Hall–Kier alpha value is -1.13. The van der Waals surface area contributed by atoms with Crippen molar-refractivity contribution in [2.45, 2.75) is 25.8 Å². The van der Waals surface area contributed by atoms with Gasteiger partial charge < -0.3 is 15.8 Å². The van der Waals surface area contributed by atoms with Crippen molar-refractivity contribution in [1.29, 1.82) is 0 Å². The predicted molar refractivity (Wildman–Crippen MR) is 68.7 cm³/mol. The zero-order valence-electron chi connectivity index (χ0n) is 10.6. The van der Waals surface area contributed by atoms with E-state index in [4.69, 9.17) is 10.5 Å². The molecule has 0 bridgehead atoms. The lowest BCUT2D eigenvalue weighted by Crippen LogP contribution is -2.32. The minimum atomic E-state index is 0.239. The van der Waals surface area contributed by atoms with Crippen LogP contribution in [0.3, 0.4) is 0 Å². The number of nitrogens with two attached hydrogens (primary N) is 1. The zero-order chi connectivity index (χ0) is 12.3. The number of aromatic nitrogens is 1. The van der Waals surface area contributed by atoms with Gasteiger partial charge >= 0.3 is 0 Å². The molecule has 4 nitrogen and oxygen atoms in total. The minimum absolute atomic E-state index is 0.239. The van der Waals surface area contributed by atoms with Gasteiger partial charge in [0.2, 0.25) is 0 Å². The summed E-state index contributed by atoms with van der Waals surface area (Å²) in [6.07, 6.45) is 4.11. The first-order valence-electron chi connectivity index (χ1n) is 6.19. The first-order valence-corrected chi connectivity index (χ1v) is 6.19. The molecule has 0 radical (unpaired) electrons. The molecule has 2 unspecified atom stereocenters. The van der Waals surface area contributed by atoms with Crippen LogP contribution in [-0.2, 0) is 4.74 Å². The molecule has 0 saturated carbocycles. The van der Waals surface area contributed by atoms with Crippen LogP contribution in [0.2, 0.25) is 0 Å². The number of pyridine rings is 1. The van der Waals surface area contributed by atoms with E-state index in [0.29, 0.717) is 11.7 Å². The lowest BCUT2D eigenvalue weighted by molar-refractivity contribution is 0.0402. The predicted octanol–water partition coefficient (Wildman–Crippen LogP) is 1.66. The second-order valence-electron chi connectivity index (χ2n) is 4.73. The number of ether oxygens (including phenoxy) is 1. The van der Waals surface area contributed by atoms with Crippen LogP contribution in [0.5, 0.6) is 0 Å². The van der Waals surface area contributed by atoms with E-state index in [1.807, 2.05) is 20.2 Å². The lowest BCUT2D eigenvalue weighted by atomic mass is 9.88. The van der Waals surface area contributed by atoms with Crippen LogP contribution in [0.15, 0.2) is 12.3 Å². The molecule has 2 heterocycles. The molecular weight excluding hydrogens is 214 g/mol. The molecule has 0 aromatic carbocycles. The summed E-state index contributed by atoms with van der Waals surface area (Å²) >= 11 is 0. The first-order chi connectivity index (χ1) is 8.22. The van der Waals surface area contributed by atoms with Crippen LogP contribution in [0, 0.1) is 12.8 Å². The van der Waals surface area contributed by atoms with Gasteiger partial charge in [0.15, 0.2) is 0 Å². The van der Waals surface area contributed by atoms with Gasteiger partial charge in [-0.25, -0.2) is 4.98 Å². The van der Waals surface area contributed by atoms with Gasteiger partial charge in [-0.05, 0) is 38.4 Å². The highest BCUT2D eigenvalue weighted by molar-refractivity contribution is 5.43. The minimum Gasteiger partial charge on any atom is -0.383 e. The molecule has 3 N–H and O–H groups in total. The van der Waals surface area contributed by atoms with Crippen LogP contribution in [0.25, 0.3) is 0 Å². The van der Waals surface area contributed by atoms with Gasteiger partial charge in [-0.1, -0.05) is 0 Å². The van der Waals surface area contributed by atoms with E-state index < -0.39 is 0 Å². The molecule has 2 atom stereocenters. The van der Waals surface area contributed by atoms with Crippen LogP contribution >= 0.6 is 0 Å². The topological polar surface area (TPSA) is 60.2 Å². The number of aryl methyl sites for hydroxylation is 1. The molecule has 0 aliphatic carbocycles. The van der Waals surface area contributed by atoms with Crippen molar-refractivity contribution >= 4 is 5.82 Å². The Morgan fingerprint density at radius 3 is 3.06 bits per heavy atom. The highest BCUT2D eigenvalue weighted by Gasteiger charge is 2.26. The van der Waals surface area contributed by atoms with E-state index >= 15 is 0 Å². The molecule has 1 aliphatic heterocycles. The fraction of sp³-hybridized carbons (Fsp3) is 0.615. The number of nitrogens with one attached hydrogen (secondary N) is 1. The van der Waals surface area contributed by atoms with Crippen molar-refractivity contribution in [1.82, 2.24) is 10.3 Å². The van der Waals surface area contributed by atoms with Gasteiger partial charge in [0.05, 0.1) is 6.61 Å². The van der Waals surface area contributed by atoms with E-state index in [2.05, 4.69) is 16.4 Å². The molecule has 4 heteroatoms. The monoisotopic (exact) mass is 235 g/mol. The van der Waals surface area contributed by atoms with E-state index in [-0.39, 0.29) is 6.04 Å². The average molecular weight is 235 g/mol. The Morgan fingerprint density at radius 1 is 1.59 bits per heavy atom. The van der Waals surface area contributed by atoms with Crippen molar-refractivity contribution in [2.24, 2.45) is 5.92 Å². The summed E-state index contributed by atoms with van der Waals surface area (Å²) in [5, 5.41) is 3.36. The van der Waals surface area contributed by atoms with E-state index in [0.717, 1.165) is 30.8 Å². The van der Waals surface area contributed by atoms with Crippen molar-refractivity contribution in [3.63, 3.8) is 0 Å². The van der Waals surface area contributed by atoms with Crippen molar-refractivity contribution in [3.8, 4) is 0 Å². The van der Waals surface area contributed by atoms with Crippen LogP contribution < -0.4 is 11.1 Å². The number of rotatable bonds is 3. The number of hydrogen-bond acceptors (Lipinski definition) is 4. The average Bonchev–Trinajstić information content (AvgIpc) is 2.36. The Kier molecular flexibility index (Phi) is 3.97. The van der Waals surface area contributed by atoms with Crippen LogP contribution in [-0.4, -0.2) is 25.2 Å². The summed E-state index contributed by atoms with van der Waals surface area (Å²) in [4.78, 5) is 4.24. The summed E-state index contributed by atoms with van der Waals surface area (Å²) in [6.45, 7) is 3.73. The molecule has 94 valence electrons. The maximum atomic E-state index is 5.98. The van der Waals surface area contributed by atoms with E-state index in [9.17, 15) is 0 Å². The quantitative estimate of drug-likeness (QED) is 0.836. The van der Waals surface area contributed by atoms with Gasteiger partial charge in [-0.2, -0.15) is 0 Å². The smallest absolute Gasteiger partial charge is 0.128 e. The first kappa shape index (κ1) is 12.3. The fourth-order valence-corrected chi connectivity index (χ4v) is 2.53. The molecular formula is C13H21N3O. The summed E-state index contributed by atoms with van der Waals surface area (Å²) in [7, 11) is 1.97. The fourth-order valence-electron chi connectivity index (χ4n) is 2.53. The molecule has 1 aromatic heterocycles. The molecule has 2 rings (SSSR count). The van der Waals surface area contributed by atoms with Gasteiger partial charge in [-0.3, -0.25) is 0 Å². The van der Waals surface area contributed by atoms with Crippen molar-refractivity contribution in [3.05, 3.63) is 23.4 Å². The zero-order valence-corrected chi connectivity index (χ0v) is 10.6. The molecule has 1 aliphatic rings. The summed E-state index contributed by atoms with van der Waals surface area (Å²) in [6, 6.07) is 2.36. The Morgan fingerprint density at radius 2 is 2.41 bits per heavy atom.